The van der Waals surface area contributed by atoms with Crippen LogP contribution in [-0.2, 0) is 32.2 Å². The third-order valence-corrected chi connectivity index (χ3v) is 7.40. The maximum absolute atomic E-state index is 13.2. The van der Waals surface area contributed by atoms with Gasteiger partial charge in [-0.25, -0.2) is 0 Å². The van der Waals surface area contributed by atoms with E-state index in [1.54, 1.807) is 6.20 Å². The van der Waals surface area contributed by atoms with Crippen LogP contribution in [0.15, 0.2) is 91.3 Å². The lowest BCUT2D eigenvalue weighted by Crippen LogP contribution is -2.23. The molecule has 0 radical (unpaired) electrons. The van der Waals surface area contributed by atoms with E-state index in [-0.39, 0.29) is 19.3 Å². The van der Waals surface area contributed by atoms with E-state index >= 15 is 0 Å². The predicted octanol–water partition coefficient (Wildman–Crippen LogP) is 4.67. The Bertz CT molecular complexity index is 1730. The van der Waals surface area contributed by atoms with Gasteiger partial charge in [-0.3, -0.25) is 14.9 Å². The zero-order chi connectivity index (χ0) is 28.2. The van der Waals surface area contributed by atoms with E-state index < -0.39 is 11.8 Å². The van der Waals surface area contributed by atoms with E-state index in [0.717, 1.165) is 27.4 Å². The highest BCUT2D eigenvalue weighted by atomic mass is 16.5. The number of rotatable bonds is 12. The highest BCUT2D eigenvalue weighted by Crippen LogP contribution is 2.38. The van der Waals surface area contributed by atoms with E-state index in [1.807, 2.05) is 85.1 Å². The molecule has 0 spiro atoms. The Morgan fingerprint density at radius 2 is 1.54 bits per heavy atom. The summed E-state index contributed by atoms with van der Waals surface area (Å²) in [7, 11) is 0. The fraction of sp³-hybridized carbons (Fsp3) is 0.212. The molecule has 1 aliphatic rings. The number of benzene rings is 3. The van der Waals surface area contributed by atoms with Crippen LogP contribution in [-0.4, -0.2) is 52.4 Å². The number of hydrogen-bond donors (Lipinski definition) is 3. The van der Waals surface area contributed by atoms with Gasteiger partial charge in [0.15, 0.2) is 0 Å². The van der Waals surface area contributed by atoms with Crippen LogP contribution in [0.4, 0.5) is 0 Å². The van der Waals surface area contributed by atoms with Gasteiger partial charge in [-0.05, 0) is 24.1 Å². The molecule has 0 bridgehead atoms. The van der Waals surface area contributed by atoms with Gasteiger partial charge in [0, 0.05) is 51.9 Å². The number of H-pyrrole nitrogens is 1. The van der Waals surface area contributed by atoms with Crippen LogP contribution in [0.25, 0.3) is 33.0 Å². The van der Waals surface area contributed by atoms with Crippen molar-refractivity contribution < 1.29 is 24.2 Å². The first-order valence-corrected chi connectivity index (χ1v) is 13.7. The maximum atomic E-state index is 13.2. The summed E-state index contributed by atoms with van der Waals surface area (Å²) in [6.07, 6.45) is 4.14. The molecule has 3 heterocycles. The number of nitrogens with zero attached hydrogens (tertiary/aromatic N) is 1. The Kier molecular flexibility index (Phi) is 7.78. The molecule has 8 heteroatoms. The number of hydrogen-bond acceptors (Lipinski definition) is 5. The molecule has 1 unspecified atom stereocenters. The molecule has 8 nitrogen and oxygen atoms in total. The predicted molar refractivity (Wildman–Crippen MR) is 158 cm³/mol. The topological polar surface area (TPSA) is 106 Å². The molecule has 2 amide bonds. The molecule has 5 aromatic rings. The third kappa shape index (κ3) is 5.45. The standard InChI is InChI=1S/C33H31N3O5/c37-16-17-41-23(21-40-20-22-8-2-1-3-9-22)14-15-36-19-27(25-11-5-7-13-29(25)36)31-30(32(38)35-33(31)39)26-18-34-28-12-6-4-10-24(26)28/h1-13,18-19,23,34,37H,14-17,20-21H2,(H,35,38,39). The summed E-state index contributed by atoms with van der Waals surface area (Å²) < 4.78 is 13.9. The van der Waals surface area contributed by atoms with Gasteiger partial charge >= 0.3 is 0 Å². The number of aromatic nitrogens is 2. The molecule has 41 heavy (non-hydrogen) atoms. The van der Waals surface area contributed by atoms with Crippen molar-refractivity contribution in [1.29, 1.82) is 0 Å². The number of para-hydroxylation sites is 2. The highest BCUT2D eigenvalue weighted by molar-refractivity contribution is 6.50. The first kappa shape index (κ1) is 26.7. The fourth-order valence-corrected chi connectivity index (χ4v) is 5.48. The molecule has 3 N–H and O–H groups in total. The Labute approximate surface area is 237 Å². The number of aromatic amines is 1. The SMILES string of the molecule is O=C1NC(=O)C(c2cn(CCC(COCc3ccccc3)OCCO)c3ccccc23)=C1c1c[nH]c2ccccc12. The molecule has 1 atom stereocenters. The van der Waals surface area contributed by atoms with E-state index in [1.165, 1.54) is 0 Å². The van der Waals surface area contributed by atoms with Crippen LogP contribution in [0.1, 0.15) is 23.1 Å². The van der Waals surface area contributed by atoms with Gasteiger partial charge in [-0.15, -0.1) is 0 Å². The normalized spacial score (nSPS) is 14.4. The third-order valence-electron chi connectivity index (χ3n) is 7.40. The molecular formula is C33H31N3O5. The van der Waals surface area contributed by atoms with Crippen molar-refractivity contribution in [1.82, 2.24) is 14.9 Å². The lowest BCUT2D eigenvalue weighted by Gasteiger charge is -2.18. The molecule has 0 aliphatic carbocycles. The first-order chi connectivity index (χ1) is 20.1. The summed E-state index contributed by atoms with van der Waals surface area (Å²) in [5.41, 5.74) is 5.07. The van der Waals surface area contributed by atoms with Gasteiger partial charge in [-0.1, -0.05) is 66.7 Å². The van der Waals surface area contributed by atoms with Gasteiger partial charge in [-0.2, -0.15) is 0 Å². The summed E-state index contributed by atoms with van der Waals surface area (Å²) in [4.78, 5) is 29.6. The number of carbonyl (C=O) groups excluding carboxylic acids is 2. The monoisotopic (exact) mass is 549 g/mol. The number of nitrogens with one attached hydrogen (secondary N) is 2. The maximum Gasteiger partial charge on any atom is 0.259 e. The Morgan fingerprint density at radius 1 is 0.829 bits per heavy atom. The fourth-order valence-electron chi connectivity index (χ4n) is 5.48. The van der Waals surface area contributed by atoms with Crippen molar-refractivity contribution in [2.24, 2.45) is 0 Å². The molecule has 0 saturated carbocycles. The zero-order valence-corrected chi connectivity index (χ0v) is 22.5. The van der Waals surface area contributed by atoms with Gasteiger partial charge < -0.3 is 24.1 Å². The molecule has 1 aliphatic heterocycles. The van der Waals surface area contributed by atoms with E-state index in [9.17, 15) is 14.7 Å². The van der Waals surface area contributed by atoms with Crippen LogP contribution in [0.5, 0.6) is 0 Å². The number of amides is 2. The summed E-state index contributed by atoms with van der Waals surface area (Å²) >= 11 is 0. The first-order valence-electron chi connectivity index (χ1n) is 13.7. The van der Waals surface area contributed by atoms with Crippen molar-refractivity contribution in [3.05, 3.63) is 108 Å². The van der Waals surface area contributed by atoms with E-state index in [4.69, 9.17) is 9.47 Å². The van der Waals surface area contributed by atoms with E-state index in [2.05, 4.69) is 14.9 Å². The number of ether oxygens (including phenoxy) is 2. The lowest BCUT2D eigenvalue weighted by atomic mass is 9.95. The summed E-state index contributed by atoms with van der Waals surface area (Å²) in [5, 5.41) is 13.6. The Hall–Kier alpha value is -4.50. The van der Waals surface area contributed by atoms with Crippen molar-refractivity contribution in [2.45, 2.75) is 25.7 Å². The minimum absolute atomic E-state index is 0.0697. The van der Waals surface area contributed by atoms with Gasteiger partial charge in [0.2, 0.25) is 0 Å². The molecule has 2 aromatic heterocycles. The Morgan fingerprint density at radius 3 is 2.34 bits per heavy atom. The summed E-state index contributed by atoms with van der Waals surface area (Å²) in [5.74, 6) is -0.809. The Balaban J connectivity index is 1.30. The van der Waals surface area contributed by atoms with Crippen LogP contribution in [0.2, 0.25) is 0 Å². The van der Waals surface area contributed by atoms with Crippen molar-refractivity contribution in [3.8, 4) is 0 Å². The van der Waals surface area contributed by atoms with Gasteiger partial charge in [0.1, 0.15) is 0 Å². The number of fused-ring (bicyclic) bond motifs is 2. The van der Waals surface area contributed by atoms with Gasteiger partial charge in [0.05, 0.1) is 43.7 Å². The van der Waals surface area contributed by atoms with Crippen LogP contribution in [0.3, 0.4) is 0 Å². The largest absolute Gasteiger partial charge is 0.394 e. The number of aliphatic hydroxyl groups excluding tert-OH is 1. The quantitative estimate of drug-likeness (QED) is 0.196. The number of aryl methyl sites for hydroxylation is 1. The van der Waals surface area contributed by atoms with Crippen LogP contribution < -0.4 is 5.32 Å². The smallest absolute Gasteiger partial charge is 0.259 e. The number of aliphatic hydroxyl groups is 1. The minimum Gasteiger partial charge on any atom is -0.394 e. The van der Waals surface area contributed by atoms with Crippen molar-refractivity contribution in [2.75, 3.05) is 19.8 Å². The second-order valence-corrected chi connectivity index (χ2v) is 10.0. The summed E-state index contributed by atoms with van der Waals surface area (Å²) in [6, 6.07) is 25.5. The minimum atomic E-state index is -0.406. The molecule has 0 fully saturated rings. The van der Waals surface area contributed by atoms with Crippen molar-refractivity contribution >= 4 is 44.8 Å². The van der Waals surface area contributed by atoms with Crippen LogP contribution >= 0.6 is 0 Å². The molecule has 6 rings (SSSR count). The zero-order valence-electron chi connectivity index (χ0n) is 22.5. The van der Waals surface area contributed by atoms with Crippen molar-refractivity contribution in [3.63, 3.8) is 0 Å². The molecule has 208 valence electrons. The lowest BCUT2D eigenvalue weighted by molar-refractivity contribution is -0.122. The van der Waals surface area contributed by atoms with Gasteiger partial charge in [0.25, 0.3) is 11.8 Å². The highest BCUT2D eigenvalue weighted by Gasteiger charge is 2.35. The molecule has 0 saturated heterocycles. The second-order valence-electron chi connectivity index (χ2n) is 10.0. The van der Waals surface area contributed by atoms with Crippen LogP contribution in [0, 0.1) is 0 Å². The number of imide groups is 1. The summed E-state index contributed by atoms with van der Waals surface area (Å²) in [6.45, 7) is 1.61. The second kappa shape index (κ2) is 11.9. The molecule has 3 aromatic carbocycles. The average molecular weight is 550 g/mol. The van der Waals surface area contributed by atoms with E-state index in [0.29, 0.717) is 48.5 Å². The number of carbonyl (C=O) groups is 2. The average Bonchev–Trinajstić information content (AvgIpc) is 3.67. The molecular weight excluding hydrogens is 518 g/mol.